The second kappa shape index (κ2) is 9.53. The number of nitrogens with one attached hydrogen (secondary N) is 2. The van der Waals surface area contributed by atoms with Crippen LogP contribution in [-0.2, 0) is 4.79 Å². The first kappa shape index (κ1) is 20.1. The largest absolute Gasteiger partial charge is 0.431 e. The van der Waals surface area contributed by atoms with Crippen LogP contribution in [0.2, 0.25) is 0 Å². The van der Waals surface area contributed by atoms with Gasteiger partial charge in [0, 0.05) is 18.2 Å². The lowest BCUT2D eigenvalue weighted by Gasteiger charge is -2.07. The Labute approximate surface area is 172 Å². The lowest BCUT2D eigenvalue weighted by Crippen LogP contribution is -2.28. The van der Waals surface area contributed by atoms with Gasteiger partial charge in [0.1, 0.15) is 10.6 Å². The summed E-state index contributed by atoms with van der Waals surface area (Å²) in [4.78, 5) is 28.4. The molecule has 0 aliphatic heterocycles. The quantitative estimate of drug-likeness (QED) is 0.627. The van der Waals surface area contributed by atoms with Crippen LogP contribution in [0.3, 0.4) is 0 Å². The molecule has 2 N–H and O–H groups in total. The molecule has 0 spiro atoms. The maximum atomic E-state index is 12.4. The molecule has 0 radical (unpaired) electrons. The summed E-state index contributed by atoms with van der Waals surface area (Å²) < 4.78 is 5.76. The maximum Gasteiger partial charge on any atom is 0.279 e. The van der Waals surface area contributed by atoms with Crippen molar-refractivity contribution in [2.24, 2.45) is 0 Å². The van der Waals surface area contributed by atoms with Gasteiger partial charge in [-0.2, -0.15) is 0 Å². The zero-order valence-corrected chi connectivity index (χ0v) is 16.7. The van der Waals surface area contributed by atoms with Crippen molar-refractivity contribution in [3.05, 3.63) is 71.2 Å². The van der Waals surface area contributed by atoms with Gasteiger partial charge in [-0.15, -0.1) is 0 Å². The first-order chi connectivity index (χ1) is 14.0. The fourth-order valence-corrected chi connectivity index (χ4v) is 3.06. The van der Waals surface area contributed by atoms with E-state index in [-0.39, 0.29) is 17.9 Å². The number of carbonyl (C=O) groups is 2. The Morgan fingerprint density at radius 1 is 1.14 bits per heavy atom. The fourth-order valence-electron chi connectivity index (χ4n) is 2.41. The van der Waals surface area contributed by atoms with Crippen molar-refractivity contribution < 1.29 is 14.3 Å². The standard InChI is InChI=1S/C22H19N3O3S/c1-15(24-16(2)26)11-12-20-14-23-22(29-20)28-19-10-6-7-17(13-19)21(27)25-18-8-4-3-5-9-18/h3-10,13-15H,1-2H3,(H,24,26)(H,25,27). The molecule has 1 unspecified atom stereocenters. The van der Waals surface area contributed by atoms with Crippen LogP contribution in [0, 0.1) is 11.8 Å². The van der Waals surface area contributed by atoms with Gasteiger partial charge in [0.2, 0.25) is 5.91 Å². The molecular formula is C22H19N3O3S. The van der Waals surface area contributed by atoms with Gasteiger partial charge in [-0.1, -0.05) is 47.4 Å². The molecule has 2 amide bonds. The van der Waals surface area contributed by atoms with Crippen LogP contribution in [0.5, 0.6) is 10.9 Å². The number of para-hydroxylation sites is 1. The van der Waals surface area contributed by atoms with Crippen LogP contribution in [0.15, 0.2) is 60.8 Å². The highest BCUT2D eigenvalue weighted by atomic mass is 32.1. The van der Waals surface area contributed by atoms with Crippen LogP contribution >= 0.6 is 11.3 Å². The molecule has 2 aromatic carbocycles. The molecule has 7 heteroatoms. The molecule has 29 heavy (non-hydrogen) atoms. The predicted molar refractivity (Wildman–Crippen MR) is 113 cm³/mol. The molecule has 146 valence electrons. The van der Waals surface area contributed by atoms with Gasteiger partial charge in [0.05, 0.1) is 12.2 Å². The SMILES string of the molecule is CC(=O)NC(C)C#Cc1cnc(Oc2cccc(C(=O)Nc3ccccc3)c2)s1. The van der Waals surface area contributed by atoms with Gasteiger partial charge >= 0.3 is 0 Å². The Balaban J connectivity index is 1.65. The van der Waals surface area contributed by atoms with Crippen molar-refractivity contribution in [3.8, 4) is 22.8 Å². The van der Waals surface area contributed by atoms with E-state index in [4.69, 9.17) is 4.74 Å². The number of aromatic nitrogens is 1. The van der Waals surface area contributed by atoms with Crippen molar-refractivity contribution in [1.82, 2.24) is 10.3 Å². The summed E-state index contributed by atoms with van der Waals surface area (Å²) in [6.07, 6.45) is 1.61. The van der Waals surface area contributed by atoms with Gasteiger partial charge in [0.15, 0.2) is 0 Å². The summed E-state index contributed by atoms with van der Waals surface area (Å²) in [6, 6.07) is 15.9. The third kappa shape index (κ3) is 6.19. The first-order valence-electron chi connectivity index (χ1n) is 8.88. The number of amides is 2. The lowest BCUT2D eigenvalue weighted by atomic mass is 10.2. The first-order valence-corrected chi connectivity index (χ1v) is 9.70. The van der Waals surface area contributed by atoms with Crippen molar-refractivity contribution >= 4 is 28.8 Å². The fraction of sp³-hybridized carbons (Fsp3) is 0.136. The zero-order valence-electron chi connectivity index (χ0n) is 15.9. The Kier molecular flexibility index (Phi) is 6.61. The number of carbonyl (C=O) groups excluding carboxylic acids is 2. The molecule has 1 aromatic heterocycles. The third-order valence-corrected chi connectivity index (χ3v) is 4.44. The number of hydrogen-bond acceptors (Lipinski definition) is 5. The highest BCUT2D eigenvalue weighted by molar-refractivity contribution is 7.13. The topological polar surface area (TPSA) is 80.3 Å². The predicted octanol–water partition coefficient (Wildman–Crippen LogP) is 4.06. The van der Waals surface area contributed by atoms with Crippen LogP contribution in [0.4, 0.5) is 5.69 Å². The van der Waals surface area contributed by atoms with Gasteiger partial charge < -0.3 is 15.4 Å². The van der Waals surface area contributed by atoms with Gasteiger partial charge in [-0.3, -0.25) is 9.59 Å². The number of hydrogen-bond donors (Lipinski definition) is 2. The summed E-state index contributed by atoms with van der Waals surface area (Å²) in [7, 11) is 0. The monoisotopic (exact) mass is 405 g/mol. The summed E-state index contributed by atoms with van der Waals surface area (Å²) in [5.41, 5.74) is 1.20. The summed E-state index contributed by atoms with van der Waals surface area (Å²) in [5, 5.41) is 5.95. The molecule has 0 saturated heterocycles. The molecule has 1 atom stereocenters. The molecule has 0 saturated carbocycles. The van der Waals surface area contributed by atoms with E-state index in [1.807, 2.05) is 30.3 Å². The normalized spacial score (nSPS) is 11.0. The molecular weight excluding hydrogens is 386 g/mol. The van der Waals surface area contributed by atoms with Crippen molar-refractivity contribution in [1.29, 1.82) is 0 Å². The average Bonchev–Trinajstić information content (AvgIpc) is 3.14. The van der Waals surface area contributed by atoms with Crippen LogP contribution in [-0.4, -0.2) is 22.8 Å². The van der Waals surface area contributed by atoms with Crippen molar-refractivity contribution in [2.75, 3.05) is 5.32 Å². The van der Waals surface area contributed by atoms with E-state index in [1.54, 1.807) is 37.4 Å². The maximum absolute atomic E-state index is 12.4. The van der Waals surface area contributed by atoms with Crippen LogP contribution in [0.1, 0.15) is 29.1 Å². The second-order valence-electron chi connectivity index (χ2n) is 6.13. The highest BCUT2D eigenvalue weighted by Crippen LogP contribution is 2.27. The van der Waals surface area contributed by atoms with Gasteiger partial charge in [-0.05, 0) is 37.3 Å². The molecule has 0 fully saturated rings. The number of anilines is 1. The zero-order chi connectivity index (χ0) is 20.6. The minimum atomic E-state index is -0.251. The van der Waals surface area contributed by atoms with E-state index in [1.165, 1.54) is 18.3 Å². The van der Waals surface area contributed by atoms with E-state index < -0.39 is 0 Å². The van der Waals surface area contributed by atoms with E-state index in [9.17, 15) is 9.59 Å². The Bertz CT molecular complexity index is 1070. The number of ether oxygens (including phenoxy) is 1. The molecule has 6 nitrogen and oxygen atoms in total. The summed E-state index contributed by atoms with van der Waals surface area (Å²) >= 11 is 1.29. The molecule has 0 aliphatic carbocycles. The number of thiazole rings is 1. The molecule has 3 aromatic rings. The smallest absolute Gasteiger partial charge is 0.279 e. The Morgan fingerprint density at radius 2 is 1.93 bits per heavy atom. The molecule has 0 aliphatic rings. The van der Waals surface area contributed by atoms with Crippen LogP contribution in [0.25, 0.3) is 0 Å². The number of rotatable bonds is 5. The van der Waals surface area contributed by atoms with Crippen molar-refractivity contribution in [2.45, 2.75) is 19.9 Å². The van der Waals surface area contributed by atoms with Gasteiger partial charge in [0.25, 0.3) is 11.1 Å². The number of nitrogens with zero attached hydrogens (tertiary/aromatic N) is 1. The summed E-state index contributed by atoms with van der Waals surface area (Å²) in [5.74, 6) is 6.05. The minimum Gasteiger partial charge on any atom is -0.431 e. The minimum absolute atomic E-state index is 0.128. The van der Waals surface area contributed by atoms with Crippen molar-refractivity contribution in [3.63, 3.8) is 0 Å². The number of benzene rings is 2. The van der Waals surface area contributed by atoms with E-state index >= 15 is 0 Å². The van der Waals surface area contributed by atoms with Gasteiger partial charge in [-0.25, -0.2) is 4.98 Å². The third-order valence-electron chi connectivity index (χ3n) is 3.65. The molecule has 3 rings (SSSR count). The summed E-state index contributed by atoms with van der Waals surface area (Å²) in [6.45, 7) is 3.25. The van der Waals surface area contributed by atoms with E-state index in [2.05, 4.69) is 27.5 Å². The Morgan fingerprint density at radius 3 is 2.69 bits per heavy atom. The molecule has 0 bridgehead atoms. The van der Waals surface area contributed by atoms with E-state index in [0.717, 1.165) is 10.6 Å². The van der Waals surface area contributed by atoms with E-state index in [0.29, 0.717) is 16.5 Å². The second-order valence-corrected chi connectivity index (χ2v) is 7.13. The average molecular weight is 405 g/mol. The van der Waals surface area contributed by atoms with Crippen LogP contribution < -0.4 is 15.4 Å². The molecule has 1 heterocycles. The Hall–Kier alpha value is -3.63. The lowest BCUT2D eigenvalue weighted by molar-refractivity contribution is -0.119. The highest BCUT2D eigenvalue weighted by Gasteiger charge is 2.09.